The molecule has 0 radical (unpaired) electrons. The summed E-state index contributed by atoms with van der Waals surface area (Å²) in [6.45, 7) is 2.11. The number of aryl methyl sites for hydroxylation is 1. The van der Waals surface area contributed by atoms with Crippen molar-refractivity contribution in [3.63, 3.8) is 0 Å². The van der Waals surface area contributed by atoms with Crippen LogP contribution in [-0.2, 0) is 6.54 Å². The van der Waals surface area contributed by atoms with E-state index in [0.717, 1.165) is 0 Å². The molecule has 0 amide bonds. The summed E-state index contributed by atoms with van der Waals surface area (Å²) < 4.78 is 32.6. The van der Waals surface area contributed by atoms with Gasteiger partial charge in [-0.3, -0.25) is 0 Å². The van der Waals surface area contributed by atoms with Crippen LogP contribution in [0.3, 0.4) is 0 Å². The van der Waals surface area contributed by atoms with Crippen molar-refractivity contribution in [1.29, 1.82) is 0 Å². The summed E-state index contributed by atoms with van der Waals surface area (Å²) in [6, 6.07) is 9.11. The van der Waals surface area contributed by atoms with Crippen molar-refractivity contribution in [2.45, 2.75) is 13.5 Å². The van der Waals surface area contributed by atoms with Gasteiger partial charge in [0.2, 0.25) is 0 Å². The quantitative estimate of drug-likeness (QED) is 0.906. The molecule has 2 nitrogen and oxygen atoms in total. The smallest absolute Gasteiger partial charge is 0.168 e. The van der Waals surface area contributed by atoms with Crippen molar-refractivity contribution in [3.8, 4) is 11.5 Å². The maximum atomic E-state index is 13.9. The van der Waals surface area contributed by atoms with Gasteiger partial charge in [0.1, 0.15) is 11.6 Å². The van der Waals surface area contributed by atoms with Gasteiger partial charge in [0.05, 0.1) is 0 Å². The van der Waals surface area contributed by atoms with Crippen LogP contribution in [-0.4, -0.2) is 7.05 Å². The number of hydrogen-bond donors (Lipinski definition) is 1. The van der Waals surface area contributed by atoms with E-state index in [-0.39, 0.29) is 11.6 Å². The molecule has 0 aliphatic rings. The Morgan fingerprint density at radius 2 is 1.89 bits per heavy atom. The normalized spacial score (nSPS) is 10.5. The standard InChI is InChI=1S/C15H15F2NO/c1-10-4-3-5-14(15(10)17)19-13-7-6-12(16)8-11(13)9-18-2/h3-8,18H,9H2,1-2H3. The Labute approximate surface area is 111 Å². The van der Waals surface area contributed by atoms with E-state index < -0.39 is 5.82 Å². The van der Waals surface area contributed by atoms with E-state index in [1.165, 1.54) is 18.2 Å². The highest BCUT2D eigenvalue weighted by Crippen LogP contribution is 2.29. The summed E-state index contributed by atoms with van der Waals surface area (Å²) >= 11 is 0. The monoisotopic (exact) mass is 263 g/mol. The van der Waals surface area contributed by atoms with Gasteiger partial charge in [0.15, 0.2) is 11.6 Å². The molecule has 0 aliphatic heterocycles. The molecule has 0 saturated heterocycles. The van der Waals surface area contributed by atoms with E-state index in [4.69, 9.17) is 4.74 Å². The summed E-state index contributed by atoms with van der Waals surface area (Å²) in [5.74, 6) is -0.159. The van der Waals surface area contributed by atoms with Crippen LogP contribution in [0.5, 0.6) is 11.5 Å². The zero-order chi connectivity index (χ0) is 13.8. The predicted molar refractivity (Wildman–Crippen MR) is 70.4 cm³/mol. The molecule has 0 atom stereocenters. The molecule has 0 unspecified atom stereocenters. The molecule has 2 aromatic rings. The number of benzene rings is 2. The zero-order valence-electron chi connectivity index (χ0n) is 10.8. The average Bonchev–Trinajstić information content (AvgIpc) is 2.38. The SMILES string of the molecule is CNCc1cc(F)ccc1Oc1cccc(C)c1F. The molecule has 19 heavy (non-hydrogen) atoms. The first kappa shape index (κ1) is 13.5. The molecule has 0 aliphatic carbocycles. The second kappa shape index (κ2) is 5.80. The topological polar surface area (TPSA) is 21.3 Å². The van der Waals surface area contributed by atoms with Crippen LogP contribution >= 0.6 is 0 Å². The van der Waals surface area contributed by atoms with Crippen molar-refractivity contribution in [2.24, 2.45) is 0 Å². The molecule has 0 heterocycles. The van der Waals surface area contributed by atoms with Crippen molar-refractivity contribution in [1.82, 2.24) is 5.32 Å². The minimum atomic E-state index is -0.401. The van der Waals surface area contributed by atoms with Crippen LogP contribution in [0.2, 0.25) is 0 Å². The van der Waals surface area contributed by atoms with Crippen LogP contribution < -0.4 is 10.1 Å². The van der Waals surface area contributed by atoms with Crippen LogP contribution in [0.15, 0.2) is 36.4 Å². The third-order valence-corrected chi connectivity index (χ3v) is 2.77. The van der Waals surface area contributed by atoms with Gasteiger partial charge in [0.25, 0.3) is 0 Å². The van der Waals surface area contributed by atoms with Gasteiger partial charge in [-0.15, -0.1) is 0 Å². The number of halogens is 2. The lowest BCUT2D eigenvalue weighted by Gasteiger charge is -2.12. The van der Waals surface area contributed by atoms with Crippen LogP contribution in [0.4, 0.5) is 8.78 Å². The molecular formula is C15H15F2NO. The van der Waals surface area contributed by atoms with Gasteiger partial charge in [-0.1, -0.05) is 12.1 Å². The third kappa shape index (κ3) is 3.09. The largest absolute Gasteiger partial charge is 0.454 e. The first-order valence-electron chi connectivity index (χ1n) is 5.98. The molecule has 2 rings (SSSR count). The van der Waals surface area contributed by atoms with Crippen molar-refractivity contribution < 1.29 is 13.5 Å². The Balaban J connectivity index is 2.35. The van der Waals surface area contributed by atoms with E-state index in [0.29, 0.717) is 23.4 Å². The molecule has 0 bridgehead atoms. The predicted octanol–water partition coefficient (Wildman–Crippen LogP) is 3.78. The van der Waals surface area contributed by atoms with Gasteiger partial charge >= 0.3 is 0 Å². The molecule has 0 aromatic heterocycles. The van der Waals surface area contributed by atoms with Crippen molar-refractivity contribution in [2.75, 3.05) is 7.05 Å². The second-order valence-corrected chi connectivity index (χ2v) is 4.27. The molecule has 0 fully saturated rings. The lowest BCUT2D eigenvalue weighted by molar-refractivity contribution is 0.433. The molecule has 2 aromatic carbocycles. The van der Waals surface area contributed by atoms with E-state index in [1.54, 1.807) is 32.2 Å². The first-order chi connectivity index (χ1) is 9.11. The first-order valence-corrected chi connectivity index (χ1v) is 5.98. The minimum Gasteiger partial charge on any atom is -0.454 e. The van der Waals surface area contributed by atoms with Crippen LogP contribution in [0.25, 0.3) is 0 Å². The highest BCUT2D eigenvalue weighted by Gasteiger charge is 2.10. The summed E-state index contributed by atoms with van der Waals surface area (Å²) in [5.41, 5.74) is 1.15. The molecule has 4 heteroatoms. The van der Waals surface area contributed by atoms with E-state index in [2.05, 4.69) is 5.32 Å². The molecule has 100 valence electrons. The number of nitrogens with one attached hydrogen (secondary N) is 1. The Kier molecular flexibility index (Phi) is 4.12. The van der Waals surface area contributed by atoms with Crippen LogP contribution in [0, 0.1) is 18.6 Å². The van der Waals surface area contributed by atoms with E-state index in [9.17, 15) is 8.78 Å². The van der Waals surface area contributed by atoms with Crippen molar-refractivity contribution >= 4 is 0 Å². The Bertz CT molecular complexity index is 584. The number of ether oxygens (including phenoxy) is 1. The Hall–Kier alpha value is -1.94. The molecule has 0 saturated carbocycles. The lowest BCUT2D eigenvalue weighted by atomic mass is 10.2. The highest BCUT2D eigenvalue weighted by atomic mass is 19.1. The van der Waals surface area contributed by atoms with Gasteiger partial charge in [-0.25, -0.2) is 8.78 Å². The minimum absolute atomic E-state index is 0.143. The van der Waals surface area contributed by atoms with E-state index >= 15 is 0 Å². The fourth-order valence-electron chi connectivity index (χ4n) is 1.79. The summed E-state index contributed by atoms with van der Waals surface area (Å²) in [5, 5.41) is 2.92. The van der Waals surface area contributed by atoms with Gasteiger partial charge < -0.3 is 10.1 Å². The molecule has 1 N–H and O–H groups in total. The summed E-state index contributed by atoms with van der Waals surface area (Å²) in [7, 11) is 1.75. The second-order valence-electron chi connectivity index (χ2n) is 4.27. The lowest BCUT2D eigenvalue weighted by Crippen LogP contribution is -2.07. The van der Waals surface area contributed by atoms with Gasteiger partial charge in [0, 0.05) is 12.1 Å². The Morgan fingerprint density at radius 1 is 1.11 bits per heavy atom. The van der Waals surface area contributed by atoms with Gasteiger partial charge in [-0.2, -0.15) is 0 Å². The fraction of sp³-hybridized carbons (Fsp3) is 0.200. The van der Waals surface area contributed by atoms with Gasteiger partial charge in [-0.05, 0) is 43.8 Å². The highest BCUT2D eigenvalue weighted by molar-refractivity contribution is 5.40. The molecular weight excluding hydrogens is 248 g/mol. The van der Waals surface area contributed by atoms with Crippen molar-refractivity contribution in [3.05, 3.63) is 59.2 Å². The molecule has 0 spiro atoms. The summed E-state index contributed by atoms with van der Waals surface area (Å²) in [6.07, 6.45) is 0. The van der Waals surface area contributed by atoms with E-state index in [1.807, 2.05) is 0 Å². The summed E-state index contributed by atoms with van der Waals surface area (Å²) in [4.78, 5) is 0. The number of hydrogen-bond acceptors (Lipinski definition) is 2. The zero-order valence-corrected chi connectivity index (χ0v) is 10.8. The third-order valence-electron chi connectivity index (χ3n) is 2.77. The maximum absolute atomic E-state index is 13.9. The maximum Gasteiger partial charge on any atom is 0.168 e. The number of rotatable bonds is 4. The van der Waals surface area contributed by atoms with Crippen LogP contribution in [0.1, 0.15) is 11.1 Å². The fourth-order valence-corrected chi connectivity index (χ4v) is 1.79. The average molecular weight is 263 g/mol. The Morgan fingerprint density at radius 3 is 2.63 bits per heavy atom.